The van der Waals surface area contributed by atoms with Gasteiger partial charge in [0, 0.05) is 0 Å². The normalized spacial score (nSPS) is 10.8. The van der Waals surface area contributed by atoms with Gasteiger partial charge in [-0.3, -0.25) is 0 Å². The van der Waals surface area contributed by atoms with Crippen LogP contribution in [0.25, 0.3) is 19.3 Å². The van der Waals surface area contributed by atoms with Gasteiger partial charge in [0.15, 0.2) is 0 Å². The van der Waals surface area contributed by atoms with Gasteiger partial charge < -0.3 is 0 Å². The van der Waals surface area contributed by atoms with E-state index in [1.165, 1.54) is 0 Å². The molecular formula is C15H12O3Se. The fourth-order valence-electron chi connectivity index (χ4n) is 2.07. The third-order valence-electron chi connectivity index (χ3n) is 3.09. The molecular weight excluding hydrogens is 307 g/mol. The monoisotopic (exact) mass is 320 g/mol. The van der Waals surface area contributed by atoms with Crippen molar-refractivity contribution in [2.24, 2.45) is 0 Å². The summed E-state index contributed by atoms with van der Waals surface area (Å²) >= 11 is 0.0989. The van der Waals surface area contributed by atoms with E-state index in [4.69, 9.17) is 9.47 Å². The molecule has 0 atom stereocenters. The third kappa shape index (κ3) is 2.03. The Hall–Kier alpha value is -1.77. The van der Waals surface area contributed by atoms with E-state index in [9.17, 15) is 4.79 Å². The van der Waals surface area contributed by atoms with Gasteiger partial charge in [0.25, 0.3) is 0 Å². The Labute approximate surface area is 116 Å². The molecule has 0 aliphatic rings. The van der Waals surface area contributed by atoms with Gasteiger partial charge in [-0.25, -0.2) is 0 Å². The van der Waals surface area contributed by atoms with Crippen LogP contribution < -0.4 is 14.9 Å². The van der Waals surface area contributed by atoms with Gasteiger partial charge in [-0.1, -0.05) is 0 Å². The van der Waals surface area contributed by atoms with E-state index in [0.717, 1.165) is 30.8 Å². The van der Waals surface area contributed by atoms with Gasteiger partial charge in [0.1, 0.15) is 0 Å². The number of fused-ring (bicyclic) bond motifs is 2. The summed E-state index contributed by atoms with van der Waals surface area (Å²) in [5.74, 6) is 1.58. The molecule has 0 bridgehead atoms. The van der Waals surface area contributed by atoms with E-state index < -0.39 is 0 Å². The van der Waals surface area contributed by atoms with Crippen molar-refractivity contribution >= 4 is 33.8 Å². The van der Waals surface area contributed by atoms with Crippen LogP contribution >= 0.6 is 0 Å². The first-order valence-corrected chi connectivity index (χ1v) is 7.53. The number of hydrogen-bond acceptors (Lipinski definition) is 3. The summed E-state index contributed by atoms with van der Waals surface area (Å²) in [4.78, 5) is 12.4. The van der Waals surface area contributed by atoms with Crippen molar-refractivity contribution < 1.29 is 9.47 Å². The van der Waals surface area contributed by atoms with Gasteiger partial charge >= 0.3 is 116 Å². The van der Waals surface area contributed by atoms with E-state index in [0.29, 0.717) is 0 Å². The predicted molar refractivity (Wildman–Crippen MR) is 77.8 cm³/mol. The van der Waals surface area contributed by atoms with E-state index in [2.05, 4.69) is 0 Å². The van der Waals surface area contributed by atoms with Crippen LogP contribution in [0.15, 0.2) is 41.2 Å². The summed E-state index contributed by atoms with van der Waals surface area (Å²) in [5.41, 5.74) is 0.0865. The zero-order valence-corrected chi connectivity index (χ0v) is 12.3. The second-order valence-corrected chi connectivity index (χ2v) is 6.43. The fraction of sp³-hybridized carbons (Fsp3) is 0.133. The number of ether oxygens (including phenoxy) is 2. The first-order valence-electron chi connectivity index (χ1n) is 5.81. The summed E-state index contributed by atoms with van der Waals surface area (Å²) < 4.78 is 12.6. The molecule has 0 fully saturated rings. The maximum absolute atomic E-state index is 12.4. The molecule has 0 saturated carbocycles. The molecule has 96 valence electrons. The van der Waals surface area contributed by atoms with Crippen molar-refractivity contribution in [3.8, 4) is 11.5 Å². The average Bonchev–Trinajstić information content (AvgIpc) is 2.46. The molecule has 1 aromatic heterocycles. The van der Waals surface area contributed by atoms with E-state index in [1.54, 1.807) is 14.2 Å². The minimum absolute atomic E-state index is 0.0865. The van der Waals surface area contributed by atoms with Crippen LogP contribution in [-0.2, 0) is 0 Å². The third-order valence-corrected chi connectivity index (χ3v) is 5.43. The van der Waals surface area contributed by atoms with E-state index in [-0.39, 0.29) is 19.9 Å². The number of hydrogen-bond donors (Lipinski definition) is 0. The average molecular weight is 319 g/mol. The molecule has 0 amide bonds. The van der Waals surface area contributed by atoms with Gasteiger partial charge in [-0.05, 0) is 0 Å². The summed E-state index contributed by atoms with van der Waals surface area (Å²) in [6, 6.07) is 11.3. The molecule has 0 unspecified atom stereocenters. The number of rotatable bonds is 2. The second kappa shape index (κ2) is 4.72. The van der Waals surface area contributed by atoms with Crippen LogP contribution in [0.5, 0.6) is 11.5 Å². The molecule has 0 saturated heterocycles. The maximum atomic E-state index is 12.4. The zero-order chi connectivity index (χ0) is 13.4. The summed E-state index contributed by atoms with van der Waals surface area (Å²) in [6.45, 7) is 0. The molecule has 3 rings (SSSR count). The first-order chi connectivity index (χ1) is 9.22. The van der Waals surface area contributed by atoms with Gasteiger partial charge in [0.2, 0.25) is 0 Å². The molecule has 0 aliphatic heterocycles. The molecule has 4 heteroatoms. The molecule has 3 aromatic rings. The van der Waals surface area contributed by atoms with Crippen molar-refractivity contribution in [1.82, 2.24) is 0 Å². The van der Waals surface area contributed by atoms with E-state index >= 15 is 0 Å². The van der Waals surface area contributed by atoms with E-state index in [1.807, 2.05) is 36.4 Å². The van der Waals surface area contributed by atoms with Crippen LogP contribution in [0, 0.1) is 0 Å². The van der Waals surface area contributed by atoms with Crippen LogP contribution in [0.1, 0.15) is 0 Å². The summed E-state index contributed by atoms with van der Waals surface area (Å²) in [5, 5.41) is 1.58. The Kier molecular flexibility index (Phi) is 3.05. The van der Waals surface area contributed by atoms with Gasteiger partial charge in [-0.15, -0.1) is 0 Å². The molecule has 1 heterocycles. The van der Waals surface area contributed by atoms with Crippen LogP contribution in [0.3, 0.4) is 0 Å². The summed E-state index contributed by atoms with van der Waals surface area (Å²) in [7, 11) is 3.27. The quantitative estimate of drug-likeness (QED) is 0.538. The number of methoxy groups -OCH3 is 2. The Bertz CT molecular complexity index is 756. The SMILES string of the molecule is COc1ccc2c(=O)c3ccc(OC)cc3[se]c2c1. The molecule has 0 radical (unpaired) electrons. The Morgan fingerprint density at radius 2 is 1.32 bits per heavy atom. The predicted octanol–water partition coefficient (Wildman–Crippen LogP) is 2.43. The molecule has 3 nitrogen and oxygen atoms in total. The standard InChI is InChI=1S/C15H12O3Se/c1-17-9-3-5-11-13(7-9)19-14-8-10(18-2)4-6-12(14)15(11)16/h3-8H,1-2H3. The fourth-order valence-corrected chi connectivity index (χ4v) is 4.43. The van der Waals surface area contributed by atoms with Gasteiger partial charge in [-0.2, -0.15) is 0 Å². The van der Waals surface area contributed by atoms with Crippen molar-refractivity contribution in [2.75, 3.05) is 14.2 Å². The Morgan fingerprint density at radius 1 is 0.842 bits per heavy atom. The first kappa shape index (κ1) is 12.3. The topological polar surface area (TPSA) is 35.5 Å². The van der Waals surface area contributed by atoms with Crippen LogP contribution in [-0.4, -0.2) is 28.7 Å². The van der Waals surface area contributed by atoms with Crippen LogP contribution in [0.2, 0.25) is 0 Å². The van der Waals surface area contributed by atoms with Crippen molar-refractivity contribution in [1.29, 1.82) is 0 Å². The zero-order valence-electron chi connectivity index (χ0n) is 10.6. The summed E-state index contributed by atoms with van der Waals surface area (Å²) in [6.07, 6.45) is 0. The second-order valence-electron chi connectivity index (χ2n) is 4.16. The minimum atomic E-state index is 0.0865. The van der Waals surface area contributed by atoms with Crippen LogP contribution in [0.4, 0.5) is 0 Å². The molecule has 0 N–H and O–H groups in total. The molecule has 19 heavy (non-hydrogen) atoms. The van der Waals surface area contributed by atoms with Gasteiger partial charge in [0.05, 0.1) is 0 Å². The molecule has 0 aliphatic carbocycles. The number of benzene rings is 2. The molecule has 0 spiro atoms. The molecule has 2 aromatic carbocycles. The Morgan fingerprint density at radius 3 is 1.74 bits per heavy atom. The Balaban J connectivity index is 2.41. The van der Waals surface area contributed by atoms with Crippen molar-refractivity contribution in [2.45, 2.75) is 0 Å². The van der Waals surface area contributed by atoms with Crippen molar-refractivity contribution in [3.05, 3.63) is 46.6 Å². The van der Waals surface area contributed by atoms with Crippen molar-refractivity contribution in [3.63, 3.8) is 0 Å².